The molecular formula is C18H20BrNO2. The van der Waals surface area contributed by atoms with Gasteiger partial charge in [0.1, 0.15) is 0 Å². The van der Waals surface area contributed by atoms with E-state index in [0.717, 1.165) is 16.6 Å². The number of hydrogen-bond acceptors (Lipinski definition) is 3. The van der Waals surface area contributed by atoms with Gasteiger partial charge in [0.2, 0.25) is 0 Å². The largest absolute Gasteiger partial charge is 0.462 e. The van der Waals surface area contributed by atoms with Crippen molar-refractivity contribution in [3.05, 3.63) is 69.7 Å². The molecule has 0 saturated carbocycles. The maximum atomic E-state index is 11.6. The van der Waals surface area contributed by atoms with Crippen molar-refractivity contribution >= 4 is 21.9 Å². The van der Waals surface area contributed by atoms with Crippen molar-refractivity contribution in [1.82, 2.24) is 5.32 Å². The number of halogens is 1. The van der Waals surface area contributed by atoms with Crippen molar-refractivity contribution in [2.45, 2.75) is 26.4 Å². The van der Waals surface area contributed by atoms with Gasteiger partial charge in [0, 0.05) is 17.1 Å². The minimum atomic E-state index is -0.273. The topological polar surface area (TPSA) is 38.3 Å². The lowest BCUT2D eigenvalue weighted by molar-refractivity contribution is 0.0526. The van der Waals surface area contributed by atoms with E-state index in [9.17, 15) is 4.79 Å². The Morgan fingerprint density at radius 3 is 2.36 bits per heavy atom. The summed E-state index contributed by atoms with van der Waals surface area (Å²) in [6, 6.07) is 16.1. The number of esters is 1. The van der Waals surface area contributed by atoms with E-state index in [0.29, 0.717) is 12.2 Å². The fourth-order valence-electron chi connectivity index (χ4n) is 2.11. The van der Waals surface area contributed by atoms with E-state index in [2.05, 4.69) is 40.3 Å². The molecule has 2 aromatic carbocycles. The van der Waals surface area contributed by atoms with Gasteiger partial charge in [-0.2, -0.15) is 0 Å². The van der Waals surface area contributed by atoms with Crippen LogP contribution in [0.5, 0.6) is 0 Å². The summed E-state index contributed by atoms with van der Waals surface area (Å²) in [5.41, 5.74) is 2.97. The van der Waals surface area contributed by atoms with E-state index in [4.69, 9.17) is 4.74 Å². The molecular weight excluding hydrogens is 342 g/mol. The SMILES string of the molecule is CCOC(=O)c1ccc(CNC(C)c2ccc(Br)cc2)cc1. The standard InChI is InChI=1S/C18H20BrNO2/c1-3-22-18(21)16-6-4-14(5-7-16)12-20-13(2)15-8-10-17(19)11-9-15/h4-11,13,20H,3,12H2,1-2H3. The maximum Gasteiger partial charge on any atom is 0.338 e. The second-order valence-electron chi connectivity index (χ2n) is 5.07. The first-order chi connectivity index (χ1) is 10.6. The van der Waals surface area contributed by atoms with Crippen molar-refractivity contribution in [3.63, 3.8) is 0 Å². The molecule has 0 aliphatic rings. The second kappa shape index (κ2) is 8.11. The molecule has 116 valence electrons. The molecule has 0 aromatic heterocycles. The van der Waals surface area contributed by atoms with Crippen LogP contribution in [0, 0.1) is 0 Å². The van der Waals surface area contributed by atoms with Gasteiger partial charge in [0.05, 0.1) is 12.2 Å². The van der Waals surface area contributed by atoms with Crippen LogP contribution in [0.3, 0.4) is 0 Å². The molecule has 0 amide bonds. The Kier molecular flexibility index (Phi) is 6.16. The Morgan fingerprint density at radius 2 is 1.77 bits per heavy atom. The van der Waals surface area contributed by atoms with Gasteiger partial charge in [-0.15, -0.1) is 0 Å². The molecule has 0 saturated heterocycles. The predicted octanol–water partition coefficient (Wildman–Crippen LogP) is 4.48. The molecule has 1 unspecified atom stereocenters. The van der Waals surface area contributed by atoms with Gasteiger partial charge in [-0.05, 0) is 49.2 Å². The van der Waals surface area contributed by atoms with E-state index in [1.807, 2.05) is 24.3 Å². The quantitative estimate of drug-likeness (QED) is 0.771. The van der Waals surface area contributed by atoms with Crippen LogP contribution < -0.4 is 5.32 Å². The highest BCUT2D eigenvalue weighted by Crippen LogP contribution is 2.17. The number of nitrogens with one attached hydrogen (secondary N) is 1. The maximum absolute atomic E-state index is 11.6. The normalized spacial score (nSPS) is 12.0. The molecule has 1 atom stereocenters. The van der Waals surface area contributed by atoms with Crippen LogP contribution in [-0.2, 0) is 11.3 Å². The van der Waals surface area contributed by atoms with Crippen LogP contribution in [0.15, 0.2) is 53.0 Å². The third-order valence-corrected chi connectivity index (χ3v) is 3.98. The van der Waals surface area contributed by atoms with E-state index in [1.165, 1.54) is 5.56 Å². The van der Waals surface area contributed by atoms with Crippen LogP contribution >= 0.6 is 15.9 Å². The molecule has 0 fully saturated rings. The summed E-state index contributed by atoms with van der Waals surface area (Å²) < 4.78 is 6.06. The number of ether oxygens (including phenoxy) is 1. The van der Waals surface area contributed by atoms with Gasteiger partial charge in [-0.25, -0.2) is 4.79 Å². The summed E-state index contributed by atoms with van der Waals surface area (Å²) in [6.07, 6.45) is 0. The third kappa shape index (κ3) is 4.68. The Labute approximate surface area is 139 Å². The van der Waals surface area contributed by atoms with E-state index >= 15 is 0 Å². The summed E-state index contributed by atoms with van der Waals surface area (Å²) in [5.74, 6) is -0.273. The third-order valence-electron chi connectivity index (χ3n) is 3.45. The monoisotopic (exact) mass is 361 g/mol. The van der Waals surface area contributed by atoms with Crippen molar-refractivity contribution in [3.8, 4) is 0 Å². The average molecular weight is 362 g/mol. The predicted molar refractivity (Wildman–Crippen MR) is 91.8 cm³/mol. The van der Waals surface area contributed by atoms with E-state index in [-0.39, 0.29) is 12.0 Å². The minimum Gasteiger partial charge on any atom is -0.462 e. The Bertz CT molecular complexity index is 608. The number of carbonyl (C=O) groups is 1. The summed E-state index contributed by atoms with van der Waals surface area (Å²) in [4.78, 5) is 11.6. The molecule has 3 nitrogen and oxygen atoms in total. The molecule has 0 radical (unpaired) electrons. The smallest absolute Gasteiger partial charge is 0.338 e. The molecule has 0 spiro atoms. The van der Waals surface area contributed by atoms with Crippen molar-refractivity contribution in [1.29, 1.82) is 0 Å². The zero-order valence-electron chi connectivity index (χ0n) is 12.8. The van der Waals surface area contributed by atoms with Gasteiger partial charge in [0.25, 0.3) is 0 Å². The number of carbonyl (C=O) groups excluding carboxylic acids is 1. The first-order valence-electron chi connectivity index (χ1n) is 7.35. The van der Waals surface area contributed by atoms with Crippen molar-refractivity contribution < 1.29 is 9.53 Å². The molecule has 0 aliphatic carbocycles. The van der Waals surface area contributed by atoms with E-state index < -0.39 is 0 Å². The van der Waals surface area contributed by atoms with Crippen LogP contribution in [0.1, 0.15) is 41.4 Å². The fraction of sp³-hybridized carbons (Fsp3) is 0.278. The Balaban J connectivity index is 1.91. The highest BCUT2D eigenvalue weighted by molar-refractivity contribution is 9.10. The molecule has 0 bridgehead atoms. The zero-order chi connectivity index (χ0) is 15.9. The first kappa shape index (κ1) is 16.7. The highest BCUT2D eigenvalue weighted by atomic mass is 79.9. The van der Waals surface area contributed by atoms with Gasteiger partial charge >= 0.3 is 5.97 Å². The summed E-state index contributed by atoms with van der Waals surface area (Å²) in [6.45, 7) is 5.09. The molecule has 0 aliphatic heterocycles. The number of rotatable bonds is 6. The van der Waals surface area contributed by atoms with Crippen LogP contribution in [-0.4, -0.2) is 12.6 Å². The summed E-state index contributed by atoms with van der Waals surface area (Å²) in [5, 5.41) is 3.48. The summed E-state index contributed by atoms with van der Waals surface area (Å²) in [7, 11) is 0. The average Bonchev–Trinajstić information content (AvgIpc) is 2.54. The van der Waals surface area contributed by atoms with Gasteiger partial charge < -0.3 is 10.1 Å². The van der Waals surface area contributed by atoms with Crippen LogP contribution in [0.25, 0.3) is 0 Å². The summed E-state index contributed by atoms with van der Waals surface area (Å²) >= 11 is 3.44. The van der Waals surface area contributed by atoms with Gasteiger partial charge in [-0.3, -0.25) is 0 Å². The second-order valence-corrected chi connectivity index (χ2v) is 5.99. The fourth-order valence-corrected chi connectivity index (χ4v) is 2.38. The molecule has 0 heterocycles. The van der Waals surface area contributed by atoms with Gasteiger partial charge in [-0.1, -0.05) is 40.2 Å². The lowest BCUT2D eigenvalue weighted by atomic mass is 10.1. The van der Waals surface area contributed by atoms with Crippen molar-refractivity contribution in [2.24, 2.45) is 0 Å². The van der Waals surface area contributed by atoms with Crippen LogP contribution in [0.2, 0.25) is 0 Å². The number of hydrogen-bond donors (Lipinski definition) is 1. The Morgan fingerprint density at radius 1 is 1.14 bits per heavy atom. The molecule has 4 heteroatoms. The zero-order valence-corrected chi connectivity index (χ0v) is 14.4. The first-order valence-corrected chi connectivity index (χ1v) is 8.14. The van der Waals surface area contributed by atoms with E-state index in [1.54, 1.807) is 19.1 Å². The number of benzene rings is 2. The Hall–Kier alpha value is -1.65. The molecule has 2 aromatic rings. The lowest BCUT2D eigenvalue weighted by Gasteiger charge is -2.14. The highest BCUT2D eigenvalue weighted by Gasteiger charge is 2.07. The molecule has 1 N–H and O–H groups in total. The molecule has 2 rings (SSSR count). The van der Waals surface area contributed by atoms with Crippen LogP contribution in [0.4, 0.5) is 0 Å². The molecule has 22 heavy (non-hydrogen) atoms. The van der Waals surface area contributed by atoms with Crippen molar-refractivity contribution in [2.75, 3.05) is 6.61 Å². The van der Waals surface area contributed by atoms with Gasteiger partial charge in [0.15, 0.2) is 0 Å². The lowest BCUT2D eigenvalue weighted by Crippen LogP contribution is -2.18. The minimum absolute atomic E-state index is 0.262.